The minimum absolute atomic E-state index is 0.264. The molecule has 1 N–H and O–H groups in total. The highest BCUT2D eigenvalue weighted by molar-refractivity contribution is 7.84. The van der Waals surface area contributed by atoms with E-state index in [1.165, 1.54) is 0 Å². The molecule has 0 saturated carbocycles. The summed E-state index contributed by atoms with van der Waals surface area (Å²) in [6.07, 6.45) is 5.83. The van der Waals surface area contributed by atoms with Crippen molar-refractivity contribution in [1.29, 1.82) is 0 Å². The summed E-state index contributed by atoms with van der Waals surface area (Å²) in [5.41, 5.74) is 1.65. The standard InChI is InChI=1S/C12H19NO2S/c1-3-15-12(14)10(8-13-2)9-6-4-5-7-11(9)16/h8,13,16H,3-7H2,1-2H3/b10-8-. The molecule has 0 aliphatic heterocycles. The van der Waals surface area contributed by atoms with E-state index < -0.39 is 0 Å². The van der Waals surface area contributed by atoms with Gasteiger partial charge in [-0.3, -0.25) is 0 Å². The first-order valence-corrected chi connectivity index (χ1v) is 6.11. The van der Waals surface area contributed by atoms with Crippen LogP contribution in [0.2, 0.25) is 0 Å². The maximum absolute atomic E-state index is 11.8. The predicted molar refractivity (Wildman–Crippen MR) is 68.3 cm³/mol. The summed E-state index contributed by atoms with van der Waals surface area (Å²) in [5.74, 6) is -0.264. The van der Waals surface area contributed by atoms with Crippen LogP contribution in [0.5, 0.6) is 0 Å². The SMILES string of the molecule is CCOC(=O)/C(=C\NC)C1=C(S)CCCC1. The van der Waals surface area contributed by atoms with Crippen molar-refractivity contribution < 1.29 is 9.53 Å². The molecule has 0 aromatic rings. The lowest BCUT2D eigenvalue weighted by atomic mass is 9.93. The highest BCUT2D eigenvalue weighted by Gasteiger charge is 2.20. The van der Waals surface area contributed by atoms with E-state index in [2.05, 4.69) is 17.9 Å². The first-order chi connectivity index (χ1) is 7.70. The van der Waals surface area contributed by atoms with Gasteiger partial charge >= 0.3 is 5.97 Å². The zero-order chi connectivity index (χ0) is 12.0. The monoisotopic (exact) mass is 241 g/mol. The van der Waals surface area contributed by atoms with Crippen LogP contribution < -0.4 is 5.32 Å². The van der Waals surface area contributed by atoms with Crippen LogP contribution >= 0.6 is 12.6 Å². The average molecular weight is 241 g/mol. The molecule has 0 bridgehead atoms. The zero-order valence-electron chi connectivity index (χ0n) is 9.88. The van der Waals surface area contributed by atoms with E-state index in [1.807, 2.05) is 6.92 Å². The van der Waals surface area contributed by atoms with Crippen LogP contribution in [-0.2, 0) is 9.53 Å². The lowest BCUT2D eigenvalue weighted by molar-refractivity contribution is -0.138. The van der Waals surface area contributed by atoms with E-state index in [1.54, 1.807) is 13.2 Å². The maximum atomic E-state index is 11.8. The van der Waals surface area contributed by atoms with Crippen LogP contribution in [-0.4, -0.2) is 19.6 Å². The van der Waals surface area contributed by atoms with E-state index in [9.17, 15) is 4.79 Å². The molecule has 0 spiro atoms. The number of hydrogen-bond donors (Lipinski definition) is 2. The summed E-state index contributed by atoms with van der Waals surface area (Å²) in [6, 6.07) is 0. The molecule has 0 unspecified atom stereocenters. The predicted octanol–water partition coefficient (Wildman–Crippen LogP) is 2.41. The topological polar surface area (TPSA) is 38.3 Å². The number of carbonyl (C=O) groups excluding carboxylic acids is 1. The Morgan fingerprint density at radius 1 is 1.50 bits per heavy atom. The Bertz CT molecular complexity index is 321. The second kappa shape index (κ2) is 6.63. The number of thiol groups is 1. The Hall–Kier alpha value is -0.900. The Labute approximate surface area is 102 Å². The summed E-state index contributed by atoms with van der Waals surface area (Å²) in [4.78, 5) is 12.8. The molecule has 4 heteroatoms. The van der Waals surface area contributed by atoms with Gasteiger partial charge in [0, 0.05) is 13.2 Å². The van der Waals surface area contributed by atoms with Crippen LogP contribution in [0.3, 0.4) is 0 Å². The minimum Gasteiger partial charge on any atom is -0.462 e. The second-order valence-electron chi connectivity index (χ2n) is 3.70. The molecular weight excluding hydrogens is 222 g/mol. The summed E-state index contributed by atoms with van der Waals surface area (Å²) in [5, 5.41) is 2.89. The quantitative estimate of drug-likeness (QED) is 0.451. The number of esters is 1. The third-order valence-electron chi connectivity index (χ3n) is 2.55. The van der Waals surface area contributed by atoms with Gasteiger partial charge in [0.25, 0.3) is 0 Å². The fourth-order valence-corrected chi connectivity index (χ4v) is 2.19. The number of hydrogen-bond acceptors (Lipinski definition) is 4. The van der Waals surface area contributed by atoms with Gasteiger partial charge in [-0.25, -0.2) is 4.79 Å². The molecule has 16 heavy (non-hydrogen) atoms. The van der Waals surface area contributed by atoms with Gasteiger partial charge in [0.05, 0.1) is 12.2 Å². The molecule has 0 radical (unpaired) electrons. The van der Waals surface area contributed by atoms with Gasteiger partial charge in [-0.2, -0.15) is 0 Å². The van der Waals surface area contributed by atoms with E-state index in [0.717, 1.165) is 36.2 Å². The third kappa shape index (κ3) is 3.30. The van der Waals surface area contributed by atoms with Gasteiger partial charge in [0.1, 0.15) is 0 Å². The molecule has 0 fully saturated rings. The Morgan fingerprint density at radius 3 is 2.75 bits per heavy atom. The van der Waals surface area contributed by atoms with Crippen LogP contribution in [0.15, 0.2) is 22.3 Å². The highest BCUT2D eigenvalue weighted by atomic mass is 32.1. The lowest BCUT2D eigenvalue weighted by Gasteiger charge is -2.18. The van der Waals surface area contributed by atoms with Gasteiger partial charge in [0.15, 0.2) is 0 Å². The maximum Gasteiger partial charge on any atom is 0.339 e. The molecule has 0 saturated heterocycles. The lowest BCUT2D eigenvalue weighted by Crippen LogP contribution is -2.14. The van der Waals surface area contributed by atoms with Crippen molar-refractivity contribution in [2.75, 3.05) is 13.7 Å². The second-order valence-corrected chi connectivity index (χ2v) is 4.24. The van der Waals surface area contributed by atoms with Crippen LogP contribution in [0.1, 0.15) is 32.6 Å². The number of ether oxygens (including phenoxy) is 1. The Morgan fingerprint density at radius 2 is 2.19 bits per heavy atom. The fourth-order valence-electron chi connectivity index (χ4n) is 1.80. The number of rotatable bonds is 4. The van der Waals surface area contributed by atoms with Crippen molar-refractivity contribution in [3.05, 3.63) is 22.3 Å². The van der Waals surface area contributed by atoms with Crippen molar-refractivity contribution >= 4 is 18.6 Å². The molecule has 0 aromatic carbocycles. The van der Waals surface area contributed by atoms with Crippen molar-refractivity contribution in [3.8, 4) is 0 Å². The molecule has 90 valence electrons. The van der Waals surface area contributed by atoms with Crippen LogP contribution in [0, 0.1) is 0 Å². The minimum atomic E-state index is -0.264. The van der Waals surface area contributed by atoms with Gasteiger partial charge in [-0.15, -0.1) is 12.6 Å². The summed E-state index contributed by atoms with van der Waals surface area (Å²) >= 11 is 4.45. The zero-order valence-corrected chi connectivity index (χ0v) is 10.8. The summed E-state index contributed by atoms with van der Waals surface area (Å²) in [7, 11) is 1.78. The van der Waals surface area contributed by atoms with E-state index in [4.69, 9.17) is 4.74 Å². The molecular formula is C12H19NO2S. The molecule has 0 heterocycles. The van der Waals surface area contributed by atoms with Gasteiger partial charge in [-0.1, -0.05) is 0 Å². The summed E-state index contributed by atoms with van der Waals surface area (Å²) < 4.78 is 5.04. The van der Waals surface area contributed by atoms with E-state index >= 15 is 0 Å². The average Bonchev–Trinajstić information content (AvgIpc) is 2.27. The van der Waals surface area contributed by atoms with Gasteiger partial charge in [-0.05, 0) is 43.1 Å². The normalized spacial score (nSPS) is 17.3. The van der Waals surface area contributed by atoms with Crippen LogP contribution in [0.25, 0.3) is 0 Å². The number of allylic oxidation sites excluding steroid dienone is 1. The van der Waals surface area contributed by atoms with Crippen molar-refractivity contribution in [2.24, 2.45) is 0 Å². The molecule has 0 amide bonds. The molecule has 1 rings (SSSR count). The molecule has 1 aliphatic rings. The molecule has 0 atom stereocenters. The van der Waals surface area contributed by atoms with E-state index in [-0.39, 0.29) is 5.97 Å². The third-order valence-corrected chi connectivity index (χ3v) is 3.04. The van der Waals surface area contributed by atoms with Gasteiger partial charge in [0.2, 0.25) is 0 Å². The number of carbonyl (C=O) groups is 1. The Kier molecular flexibility index (Phi) is 5.46. The largest absolute Gasteiger partial charge is 0.462 e. The molecule has 3 nitrogen and oxygen atoms in total. The van der Waals surface area contributed by atoms with Crippen molar-refractivity contribution in [3.63, 3.8) is 0 Å². The Balaban J connectivity index is 2.93. The smallest absolute Gasteiger partial charge is 0.339 e. The first kappa shape index (κ1) is 13.2. The van der Waals surface area contributed by atoms with Crippen molar-refractivity contribution in [1.82, 2.24) is 5.32 Å². The molecule has 1 aliphatic carbocycles. The van der Waals surface area contributed by atoms with Crippen molar-refractivity contribution in [2.45, 2.75) is 32.6 Å². The fraction of sp³-hybridized carbons (Fsp3) is 0.583. The van der Waals surface area contributed by atoms with E-state index in [0.29, 0.717) is 12.2 Å². The highest BCUT2D eigenvalue weighted by Crippen LogP contribution is 2.32. The first-order valence-electron chi connectivity index (χ1n) is 5.66. The number of nitrogens with one attached hydrogen (secondary N) is 1. The summed E-state index contributed by atoms with van der Waals surface area (Å²) in [6.45, 7) is 2.21. The van der Waals surface area contributed by atoms with Gasteiger partial charge < -0.3 is 10.1 Å². The van der Waals surface area contributed by atoms with Crippen LogP contribution in [0.4, 0.5) is 0 Å². The molecule has 0 aromatic heterocycles.